The molecule has 0 unspecified atom stereocenters. The number of aliphatic hydroxyl groups is 1. The van der Waals surface area contributed by atoms with Gasteiger partial charge >= 0.3 is 0 Å². The zero-order chi connectivity index (χ0) is 27.9. The lowest BCUT2D eigenvalue weighted by Gasteiger charge is -2.37. The Balaban J connectivity index is 1.22. The molecule has 8 nitrogen and oxygen atoms in total. The number of hydrogen-bond donors (Lipinski definition) is 2. The Labute approximate surface area is 236 Å². The fourth-order valence-electron chi connectivity index (χ4n) is 5.71. The molecule has 0 radical (unpaired) electrons. The summed E-state index contributed by atoms with van der Waals surface area (Å²) in [4.78, 5) is 32.7. The zero-order valence-corrected chi connectivity index (χ0v) is 23.4. The number of benzene rings is 3. The zero-order valence-electron chi connectivity index (χ0n) is 23.4. The van der Waals surface area contributed by atoms with Gasteiger partial charge < -0.3 is 20.1 Å². The molecule has 3 aromatic carbocycles. The highest BCUT2D eigenvalue weighted by Crippen LogP contribution is 2.36. The molecule has 2 N–H and O–H groups in total. The lowest BCUT2D eigenvalue weighted by atomic mass is 9.92. The van der Waals surface area contributed by atoms with Gasteiger partial charge in [0.1, 0.15) is 0 Å². The molecule has 3 aromatic rings. The van der Waals surface area contributed by atoms with E-state index in [-0.39, 0.29) is 18.4 Å². The summed E-state index contributed by atoms with van der Waals surface area (Å²) in [5.74, 6) is -0.350. The molecule has 0 aliphatic carbocycles. The molecule has 1 fully saturated rings. The van der Waals surface area contributed by atoms with Gasteiger partial charge in [0.05, 0.1) is 19.8 Å². The van der Waals surface area contributed by atoms with Crippen molar-refractivity contribution in [1.29, 1.82) is 0 Å². The van der Waals surface area contributed by atoms with E-state index in [1.54, 1.807) is 0 Å². The Morgan fingerprint density at radius 1 is 0.900 bits per heavy atom. The number of imide groups is 1. The van der Waals surface area contributed by atoms with Crippen LogP contribution in [0.15, 0.2) is 54.6 Å². The lowest BCUT2D eigenvalue weighted by molar-refractivity contribution is 0.0608. The number of nitrogens with zero attached hydrogens (tertiary/aromatic N) is 3. The topological polar surface area (TPSA) is 85.4 Å². The minimum Gasteiger partial charge on any atom is -0.394 e. The molecule has 0 saturated carbocycles. The van der Waals surface area contributed by atoms with Crippen molar-refractivity contribution < 1.29 is 19.4 Å². The van der Waals surface area contributed by atoms with Gasteiger partial charge in [0.25, 0.3) is 11.8 Å². The summed E-state index contributed by atoms with van der Waals surface area (Å²) in [6.45, 7) is 9.66. The van der Waals surface area contributed by atoms with Crippen molar-refractivity contribution in [1.82, 2.24) is 15.1 Å². The van der Waals surface area contributed by atoms with Crippen molar-refractivity contribution in [2.45, 2.75) is 32.9 Å². The van der Waals surface area contributed by atoms with Crippen LogP contribution in [0.25, 0.3) is 10.8 Å². The molecule has 0 spiro atoms. The summed E-state index contributed by atoms with van der Waals surface area (Å²) in [6, 6.07) is 18.5. The Hall–Kier alpha value is -3.30. The largest absolute Gasteiger partial charge is 0.394 e. The number of carbonyl (C=O) groups is 2. The van der Waals surface area contributed by atoms with Gasteiger partial charge in [-0.1, -0.05) is 49.7 Å². The van der Waals surface area contributed by atoms with E-state index < -0.39 is 0 Å². The van der Waals surface area contributed by atoms with Gasteiger partial charge in [-0.25, -0.2) is 0 Å². The van der Waals surface area contributed by atoms with E-state index in [9.17, 15) is 9.59 Å². The van der Waals surface area contributed by atoms with Gasteiger partial charge in [-0.15, -0.1) is 0 Å². The number of aliphatic hydroxyl groups excluding tert-OH is 1. The summed E-state index contributed by atoms with van der Waals surface area (Å²) in [6.07, 6.45) is 1.75. The third kappa shape index (κ3) is 6.20. The quantitative estimate of drug-likeness (QED) is 0.251. The molecule has 2 heterocycles. The SMILES string of the molecule is CCCCN1C(=O)c2cccc3c(N4CCN(Cc5cccc(CNCCOCCO)c5)CC4)ccc(c23)C1=O. The van der Waals surface area contributed by atoms with Crippen molar-refractivity contribution in [3.63, 3.8) is 0 Å². The molecule has 2 aliphatic heterocycles. The first kappa shape index (κ1) is 28.2. The molecule has 212 valence electrons. The molecule has 2 aliphatic rings. The van der Waals surface area contributed by atoms with Crippen molar-refractivity contribution >= 4 is 28.3 Å². The smallest absolute Gasteiger partial charge is 0.261 e. The standard InChI is InChI=1S/C32H40N4O4/c1-2-3-13-36-31(38)27-9-5-8-26-29(11-10-28(30(26)27)32(36)39)35-16-14-34(15-17-35)23-25-7-4-6-24(21-25)22-33-12-19-40-20-18-37/h4-11,21,33,37H,2-3,12-20,22-23H2,1H3. The molecule has 0 aromatic heterocycles. The third-order valence-corrected chi connectivity index (χ3v) is 7.80. The van der Waals surface area contributed by atoms with Crippen molar-refractivity contribution in [3.8, 4) is 0 Å². The summed E-state index contributed by atoms with van der Waals surface area (Å²) < 4.78 is 5.30. The van der Waals surface area contributed by atoms with Gasteiger partial charge in [-0.3, -0.25) is 19.4 Å². The Bertz CT molecular complexity index is 1310. The molecule has 2 amide bonds. The maximum absolute atomic E-state index is 13.2. The van der Waals surface area contributed by atoms with Crippen LogP contribution in [0.3, 0.4) is 0 Å². The van der Waals surface area contributed by atoms with Crippen LogP contribution in [-0.2, 0) is 17.8 Å². The van der Waals surface area contributed by atoms with Gasteiger partial charge in [-0.2, -0.15) is 0 Å². The number of anilines is 1. The second-order valence-electron chi connectivity index (χ2n) is 10.6. The van der Waals surface area contributed by atoms with E-state index in [1.165, 1.54) is 16.0 Å². The maximum atomic E-state index is 13.2. The van der Waals surface area contributed by atoms with Crippen LogP contribution in [0.2, 0.25) is 0 Å². The second kappa shape index (κ2) is 13.4. The predicted molar refractivity (Wildman–Crippen MR) is 158 cm³/mol. The second-order valence-corrected chi connectivity index (χ2v) is 10.6. The van der Waals surface area contributed by atoms with Crippen molar-refractivity contribution in [3.05, 3.63) is 76.9 Å². The molecule has 0 bridgehead atoms. The summed E-state index contributed by atoms with van der Waals surface area (Å²) in [5.41, 5.74) is 4.92. The number of nitrogens with one attached hydrogen (secondary N) is 1. The average molecular weight is 545 g/mol. The number of ether oxygens (including phenoxy) is 1. The van der Waals surface area contributed by atoms with Gasteiger partial charge in [-0.05, 0) is 35.7 Å². The van der Waals surface area contributed by atoms with E-state index in [0.29, 0.717) is 30.9 Å². The minimum atomic E-state index is -0.175. The van der Waals surface area contributed by atoms with E-state index in [0.717, 1.165) is 75.1 Å². The van der Waals surface area contributed by atoms with E-state index in [2.05, 4.69) is 52.4 Å². The molecule has 8 heteroatoms. The van der Waals surface area contributed by atoms with Crippen LogP contribution in [0.1, 0.15) is 51.6 Å². The fraction of sp³-hybridized carbons (Fsp3) is 0.438. The minimum absolute atomic E-state index is 0.0557. The summed E-state index contributed by atoms with van der Waals surface area (Å²) in [7, 11) is 0. The maximum Gasteiger partial charge on any atom is 0.261 e. The number of hydrogen-bond acceptors (Lipinski definition) is 7. The van der Waals surface area contributed by atoms with Crippen molar-refractivity contribution in [2.75, 3.05) is 64.0 Å². The average Bonchev–Trinajstić information content (AvgIpc) is 2.98. The molecular weight excluding hydrogens is 504 g/mol. The molecular formula is C32H40N4O4. The van der Waals surface area contributed by atoms with Crippen LogP contribution in [-0.4, -0.2) is 85.8 Å². The molecule has 5 rings (SSSR count). The van der Waals surface area contributed by atoms with Crippen LogP contribution in [0.5, 0.6) is 0 Å². The number of carbonyl (C=O) groups excluding carboxylic acids is 2. The Morgan fingerprint density at radius 2 is 1.65 bits per heavy atom. The summed E-state index contributed by atoms with van der Waals surface area (Å²) >= 11 is 0. The molecule has 40 heavy (non-hydrogen) atoms. The number of rotatable bonds is 13. The van der Waals surface area contributed by atoms with Gasteiger partial charge in [0.15, 0.2) is 0 Å². The first-order chi connectivity index (χ1) is 19.6. The third-order valence-electron chi connectivity index (χ3n) is 7.80. The Morgan fingerprint density at radius 3 is 2.42 bits per heavy atom. The summed E-state index contributed by atoms with van der Waals surface area (Å²) in [5, 5.41) is 14.0. The molecule has 0 atom stereocenters. The first-order valence-corrected chi connectivity index (χ1v) is 14.5. The normalized spacial score (nSPS) is 15.8. The Kier molecular flexibility index (Phi) is 9.44. The van der Waals surface area contributed by atoms with E-state index in [1.807, 2.05) is 24.3 Å². The highest BCUT2D eigenvalue weighted by atomic mass is 16.5. The number of unbranched alkanes of at least 4 members (excludes halogenated alkanes) is 1. The number of piperazine rings is 1. The van der Waals surface area contributed by atoms with Crippen molar-refractivity contribution in [2.24, 2.45) is 0 Å². The van der Waals surface area contributed by atoms with E-state index in [4.69, 9.17) is 9.84 Å². The first-order valence-electron chi connectivity index (χ1n) is 14.5. The molecule has 1 saturated heterocycles. The lowest BCUT2D eigenvalue weighted by Crippen LogP contribution is -2.46. The van der Waals surface area contributed by atoms with E-state index >= 15 is 0 Å². The highest BCUT2D eigenvalue weighted by Gasteiger charge is 2.33. The van der Waals surface area contributed by atoms with Crippen LogP contribution in [0, 0.1) is 0 Å². The highest BCUT2D eigenvalue weighted by molar-refractivity contribution is 6.26. The monoisotopic (exact) mass is 544 g/mol. The van der Waals surface area contributed by atoms with Crippen LogP contribution in [0.4, 0.5) is 5.69 Å². The van der Waals surface area contributed by atoms with Gasteiger partial charge in [0, 0.05) is 79.9 Å². The van der Waals surface area contributed by atoms with Crippen LogP contribution < -0.4 is 10.2 Å². The number of amides is 2. The van der Waals surface area contributed by atoms with Crippen LogP contribution >= 0.6 is 0 Å². The fourth-order valence-corrected chi connectivity index (χ4v) is 5.71. The van der Waals surface area contributed by atoms with Gasteiger partial charge in [0.2, 0.25) is 0 Å². The predicted octanol–water partition coefficient (Wildman–Crippen LogP) is 3.66.